The third-order valence-electron chi connectivity index (χ3n) is 1.08. The minimum Gasteiger partial charge on any atom is -0.507 e. The summed E-state index contributed by atoms with van der Waals surface area (Å²) in [6.45, 7) is 1.62. The highest BCUT2D eigenvalue weighted by atomic mass is 19.1. The fraction of sp³-hybridized carbons (Fsp3) is 0.143. The number of phenolic OH excluding ortho intramolecular Hbond substituents is 1. The second-order valence-corrected chi connectivity index (χ2v) is 1.84. The minimum absolute atomic E-state index is 0.155. The van der Waals surface area contributed by atoms with Crippen molar-refractivity contribution in [2.45, 2.75) is 6.92 Å². The molecule has 1 nitrogen and oxygen atoms in total. The van der Waals surface area contributed by atoms with Gasteiger partial charge in [0.15, 0.2) is 0 Å². The molecule has 1 radical (unpaired) electrons. The van der Waals surface area contributed by atoms with Gasteiger partial charge in [-0.05, 0) is 18.6 Å². The molecule has 2 heteroatoms. The van der Waals surface area contributed by atoms with Gasteiger partial charge in [0, 0.05) is 0 Å². The molecule has 0 bridgehead atoms. The fourth-order valence-corrected chi connectivity index (χ4v) is 0.530. The van der Waals surface area contributed by atoms with E-state index in [2.05, 4.69) is 6.07 Å². The Balaban J connectivity index is 3.17. The van der Waals surface area contributed by atoms with Crippen LogP contribution in [0.4, 0.5) is 4.39 Å². The summed E-state index contributed by atoms with van der Waals surface area (Å²) >= 11 is 0. The summed E-state index contributed by atoms with van der Waals surface area (Å²) in [7, 11) is 0. The van der Waals surface area contributed by atoms with Crippen LogP contribution in [0.5, 0.6) is 5.75 Å². The Morgan fingerprint density at radius 2 is 2.22 bits per heavy atom. The van der Waals surface area contributed by atoms with Gasteiger partial charge >= 0.3 is 0 Å². The van der Waals surface area contributed by atoms with Gasteiger partial charge in [-0.25, -0.2) is 4.39 Å². The van der Waals surface area contributed by atoms with E-state index >= 15 is 0 Å². The third kappa shape index (κ3) is 1.19. The quantitative estimate of drug-likeness (QED) is 0.558. The van der Waals surface area contributed by atoms with Crippen LogP contribution in [0.1, 0.15) is 5.56 Å². The fourth-order valence-electron chi connectivity index (χ4n) is 0.530. The molecule has 0 heterocycles. The van der Waals surface area contributed by atoms with Gasteiger partial charge in [-0.1, -0.05) is 6.07 Å². The van der Waals surface area contributed by atoms with Crippen LogP contribution < -0.4 is 0 Å². The second-order valence-electron chi connectivity index (χ2n) is 1.84. The van der Waals surface area contributed by atoms with Crippen LogP contribution in [-0.4, -0.2) is 5.11 Å². The van der Waals surface area contributed by atoms with Crippen molar-refractivity contribution >= 4 is 0 Å². The van der Waals surface area contributed by atoms with E-state index in [1.807, 2.05) is 0 Å². The van der Waals surface area contributed by atoms with Gasteiger partial charge in [-0.2, -0.15) is 0 Å². The highest BCUT2D eigenvalue weighted by Gasteiger charge is 1.96. The Morgan fingerprint density at radius 3 is 2.67 bits per heavy atom. The number of phenols is 1. The van der Waals surface area contributed by atoms with Gasteiger partial charge in [0.05, 0.1) is 6.07 Å². The first-order valence-corrected chi connectivity index (χ1v) is 2.57. The lowest BCUT2D eigenvalue weighted by Crippen LogP contribution is -1.79. The van der Waals surface area contributed by atoms with Crippen LogP contribution in [0.25, 0.3) is 0 Å². The van der Waals surface area contributed by atoms with E-state index in [1.54, 1.807) is 6.92 Å². The molecule has 0 aliphatic rings. The summed E-state index contributed by atoms with van der Waals surface area (Å²) in [5.41, 5.74) is 0.493. The van der Waals surface area contributed by atoms with E-state index in [-0.39, 0.29) is 5.75 Å². The smallest absolute Gasteiger partial charge is 0.137 e. The van der Waals surface area contributed by atoms with Crippen molar-refractivity contribution in [2.24, 2.45) is 0 Å². The molecule has 1 aromatic carbocycles. The van der Waals surface area contributed by atoms with E-state index in [0.717, 1.165) is 0 Å². The van der Waals surface area contributed by atoms with E-state index in [0.29, 0.717) is 5.56 Å². The maximum atomic E-state index is 12.4. The standard InChI is InChI=1S/C7H6FO/c1-5-2-3-6(9)4-7(5)8/h2-3,9H,1H3. The van der Waals surface area contributed by atoms with Crippen LogP contribution in [0.2, 0.25) is 0 Å². The van der Waals surface area contributed by atoms with Crippen LogP contribution >= 0.6 is 0 Å². The molecule has 0 amide bonds. The molecule has 0 unspecified atom stereocenters. The molecule has 1 aromatic rings. The summed E-state index contributed by atoms with van der Waals surface area (Å²) in [6.07, 6.45) is 0. The summed E-state index contributed by atoms with van der Waals surface area (Å²) in [5.74, 6) is -0.645. The number of hydrogen-bond acceptors (Lipinski definition) is 1. The Labute approximate surface area is 52.8 Å². The Hall–Kier alpha value is -1.05. The molecule has 1 N–H and O–H groups in total. The van der Waals surface area contributed by atoms with Crippen molar-refractivity contribution in [2.75, 3.05) is 0 Å². The number of halogens is 1. The zero-order chi connectivity index (χ0) is 6.85. The highest BCUT2D eigenvalue weighted by Crippen LogP contribution is 2.11. The van der Waals surface area contributed by atoms with E-state index in [1.165, 1.54) is 12.1 Å². The lowest BCUT2D eigenvalue weighted by atomic mass is 10.2. The van der Waals surface area contributed by atoms with E-state index < -0.39 is 5.82 Å². The predicted molar refractivity (Wildman–Crippen MR) is 31.6 cm³/mol. The molecule has 1 rings (SSSR count). The summed E-state index contributed by atoms with van der Waals surface area (Å²) in [4.78, 5) is 0. The molecule has 0 aromatic heterocycles. The predicted octanol–water partition coefficient (Wildman–Crippen LogP) is 1.64. The van der Waals surface area contributed by atoms with Crippen LogP contribution in [0.15, 0.2) is 12.1 Å². The second kappa shape index (κ2) is 2.05. The Kier molecular flexibility index (Phi) is 1.39. The molecule has 47 valence electrons. The van der Waals surface area contributed by atoms with Crippen molar-refractivity contribution < 1.29 is 9.50 Å². The third-order valence-corrected chi connectivity index (χ3v) is 1.08. The lowest BCUT2D eigenvalue weighted by molar-refractivity contribution is 0.466. The number of rotatable bonds is 0. The average Bonchev–Trinajstić information content (AvgIpc) is 1.80. The van der Waals surface area contributed by atoms with Gasteiger partial charge in [0.2, 0.25) is 0 Å². The first-order valence-electron chi connectivity index (χ1n) is 2.57. The molecule has 0 spiro atoms. The molecular formula is C7H6FO. The molecule has 0 saturated carbocycles. The molecule has 0 aliphatic heterocycles. The number of benzene rings is 1. The zero-order valence-electron chi connectivity index (χ0n) is 4.98. The molecular weight excluding hydrogens is 119 g/mol. The Morgan fingerprint density at radius 1 is 1.56 bits per heavy atom. The molecule has 9 heavy (non-hydrogen) atoms. The monoisotopic (exact) mass is 125 g/mol. The topological polar surface area (TPSA) is 20.2 Å². The SMILES string of the molecule is Cc1ccc(O)[c]c1F. The van der Waals surface area contributed by atoms with E-state index in [4.69, 9.17) is 5.11 Å². The van der Waals surface area contributed by atoms with Gasteiger partial charge in [0.1, 0.15) is 11.6 Å². The number of hydrogen-bond donors (Lipinski definition) is 1. The van der Waals surface area contributed by atoms with Crippen molar-refractivity contribution in [1.82, 2.24) is 0 Å². The van der Waals surface area contributed by atoms with Gasteiger partial charge in [0.25, 0.3) is 0 Å². The van der Waals surface area contributed by atoms with Gasteiger partial charge in [-0.15, -0.1) is 0 Å². The normalized spacial score (nSPS) is 9.56. The summed E-state index contributed by atoms with van der Waals surface area (Å²) < 4.78 is 12.4. The van der Waals surface area contributed by atoms with Crippen LogP contribution in [0.3, 0.4) is 0 Å². The number of aryl methyl sites for hydroxylation is 1. The van der Waals surface area contributed by atoms with Crippen molar-refractivity contribution in [3.8, 4) is 5.75 Å². The molecule has 0 saturated heterocycles. The van der Waals surface area contributed by atoms with Gasteiger partial charge < -0.3 is 5.11 Å². The lowest BCUT2D eigenvalue weighted by Gasteiger charge is -1.93. The maximum Gasteiger partial charge on any atom is 0.137 e. The maximum absolute atomic E-state index is 12.4. The van der Waals surface area contributed by atoms with E-state index in [9.17, 15) is 4.39 Å². The van der Waals surface area contributed by atoms with Crippen molar-refractivity contribution in [3.63, 3.8) is 0 Å². The molecule has 0 aliphatic carbocycles. The Bertz CT molecular complexity index is 220. The zero-order valence-corrected chi connectivity index (χ0v) is 4.98. The highest BCUT2D eigenvalue weighted by molar-refractivity contribution is 5.24. The molecule has 0 fully saturated rings. The van der Waals surface area contributed by atoms with Gasteiger partial charge in [-0.3, -0.25) is 0 Å². The first kappa shape index (κ1) is 6.08. The van der Waals surface area contributed by atoms with Crippen LogP contribution in [-0.2, 0) is 0 Å². The summed E-state index contributed by atoms with van der Waals surface area (Å²) in [6, 6.07) is 5.03. The first-order chi connectivity index (χ1) is 4.20. The number of aromatic hydroxyl groups is 1. The van der Waals surface area contributed by atoms with Crippen LogP contribution in [0, 0.1) is 18.8 Å². The van der Waals surface area contributed by atoms with Crippen molar-refractivity contribution in [1.29, 1.82) is 0 Å². The summed E-state index contributed by atoms with van der Waals surface area (Å²) in [5, 5.41) is 8.64. The minimum atomic E-state index is -0.491. The van der Waals surface area contributed by atoms with Crippen molar-refractivity contribution in [3.05, 3.63) is 29.6 Å². The largest absolute Gasteiger partial charge is 0.507 e. The average molecular weight is 125 g/mol. The molecule has 0 atom stereocenters.